The highest BCUT2D eigenvalue weighted by molar-refractivity contribution is 5.77. The maximum absolute atomic E-state index is 12.4. The van der Waals surface area contributed by atoms with Crippen LogP contribution in [0.1, 0.15) is 43.4 Å². The molecule has 1 aromatic rings. The zero-order chi connectivity index (χ0) is 13.8. The second kappa shape index (κ2) is 6.20. The first-order chi connectivity index (χ1) is 9.13. The van der Waals surface area contributed by atoms with Gasteiger partial charge in [-0.1, -0.05) is 31.2 Å². The fourth-order valence-electron chi connectivity index (χ4n) is 2.85. The number of carbonyl (C=O) groups is 1. The van der Waals surface area contributed by atoms with Crippen molar-refractivity contribution < 1.29 is 4.79 Å². The third kappa shape index (κ3) is 3.16. The maximum atomic E-state index is 12.4. The number of carbonyl (C=O) groups excluding carboxylic acids is 1. The van der Waals surface area contributed by atoms with E-state index in [2.05, 4.69) is 36.1 Å². The van der Waals surface area contributed by atoms with Gasteiger partial charge in [0, 0.05) is 13.0 Å². The molecule has 1 aromatic carbocycles. The van der Waals surface area contributed by atoms with Crippen LogP contribution in [-0.2, 0) is 4.79 Å². The highest BCUT2D eigenvalue weighted by Crippen LogP contribution is 2.34. The fraction of sp³-hybridized carbons (Fsp3) is 0.562. The Morgan fingerprint density at radius 1 is 1.47 bits per heavy atom. The predicted molar refractivity (Wildman–Crippen MR) is 77.7 cm³/mol. The molecule has 1 heterocycles. The minimum Gasteiger partial charge on any atom is -0.336 e. The van der Waals surface area contributed by atoms with Gasteiger partial charge >= 0.3 is 0 Å². The monoisotopic (exact) mass is 260 g/mol. The van der Waals surface area contributed by atoms with Crippen molar-refractivity contribution in [3.05, 3.63) is 35.4 Å². The van der Waals surface area contributed by atoms with E-state index in [-0.39, 0.29) is 17.9 Å². The molecule has 0 spiro atoms. The predicted octanol–water partition coefficient (Wildman–Crippen LogP) is 2.64. The van der Waals surface area contributed by atoms with Crippen molar-refractivity contribution >= 4 is 5.91 Å². The zero-order valence-corrected chi connectivity index (χ0v) is 11.9. The molecule has 0 aromatic heterocycles. The van der Waals surface area contributed by atoms with E-state index in [0.29, 0.717) is 13.0 Å². The summed E-state index contributed by atoms with van der Waals surface area (Å²) < 4.78 is 0. The number of hydrogen-bond donors (Lipinski definition) is 1. The largest absolute Gasteiger partial charge is 0.336 e. The smallest absolute Gasteiger partial charge is 0.223 e. The van der Waals surface area contributed by atoms with Crippen LogP contribution < -0.4 is 5.73 Å². The molecule has 1 fully saturated rings. The summed E-state index contributed by atoms with van der Waals surface area (Å²) in [6, 6.07) is 8.65. The van der Waals surface area contributed by atoms with Crippen LogP contribution in [0.15, 0.2) is 24.3 Å². The van der Waals surface area contributed by atoms with Crippen molar-refractivity contribution in [2.75, 3.05) is 13.1 Å². The van der Waals surface area contributed by atoms with Crippen LogP contribution in [0.2, 0.25) is 0 Å². The molecule has 19 heavy (non-hydrogen) atoms. The van der Waals surface area contributed by atoms with E-state index < -0.39 is 0 Å². The van der Waals surface area contributed by atoms with E-state index in [9.17, 15) is 4.79 Å². The van der Waals surface area contributed by atoms with Crippen molar-refractivity contribution in [1.29, 1.82) is 0 Å². The summed E-state index contributed by atoms with van der Waals surface area (Å²) in [6.45, 7) is 5.62. The number of benzene rings is 1. The summed E-state index contributed by atoms with van der Waals surface area (Å²) in [5.74, 6) is 0.523. The molecule has 1 saturated heterocycles. The van der Waals surface area contributed by atoms with E-state index in [1.54, 1.807) is 0 Å². The Labute approximate surface area is 115 Å². The van der Waals surface area contributed by atoms with Gasteiger partial charge in [-0.15, -0.1) is 0 Å². The zero-order valence-electron chi connectivity index (χ0n) is 11.9. The Hall–Kier alpha value is -1.35. The number of aryl methyl sites for hydroxylation is 1. The molecule has 0 aliphatic carbocycles. The molecule has 1 aliphatic rings. The van der Waals surface area contributed by atoms with Gasteiger partial charge in [0.15, 0.2) is 0 Å². The summed E-state index contributed by atoms with van der Waals surface area (Å²) in [4.78, 5) is 14.4. The number of amides is 1. The molecule has 104 valence electrons. The first kappa shape index (κ1) is 14.1. The van der Waals surface area contributed by atoms with E-state index in [1.165, 1.54) is 11.1 Å². The number of nitrogens with two attached hydrogens (primary N) is 1. The number of hydrogen-bond acceptors (Lipinski definition) is 2. The Bertz CT molecular complexity index is 444. The molecule has 1 aliphatic heterocycles. The second-order valence-corrected chi connectivity index (χ2v) is 5.65. The lowest BCUT2D eigenvalue weighted by molar-refractivity contribution is -0.133. The normalized spacial score (nSPS) is 20.6. The van der Waals surface area contributed by atoms with Crippen LogP contribution in [0.5, 0.6) is 0 Å². The van der Waals surface area contributed by atoms with E-state index in [0.717, 1.165) is 19.4 Å². The van der Waals surface area contributed by atoms with Gasteiger partial charge in [0.2, 0.25) is 5.91 Å². The third-order valence-electron chi connectivity index (χ3n) is 4.05. The lowest BCUT2D eigenvalue weighted by Gasteiger charge is -2.27. The molecular formula is C16H24N2O. The van der Waals surface area contributed by atoms with E-state index in [1.807, 2.05) is 6.92 Å². The van der Waals surface area contributed by atoms with Gasteiger partial charge in [-0.25, -0.2) is 0 Å². The SMILES string of the molecule is Cc1ccccc1C1CCCN1C(=O)CC(C)CN. The third-order valence-corrected chi connectivity index (χ3v) is 4.05. The van der Waals surface area contributed by atoms with Crippen LogP contribution in [-0.4, -0.2) is 23.9 Å². The lowest BCUT2D eigenvalue weighted by Crippen LogP contribution is -2.32. The van der Waals surface area contributed by atoms with Gasteiger partial charge in [-0.3, -0.25) is 4.79 Å². The molecule has 2 unspecified atom stereocenters. The van der Waals surface area contributed by atoms with Gasteiger partial charge in [0.05, 0.1) is 6.04 Å². The molecule has 1 amide bonds. The van der Waals surface area contributed by atoms with Gasteiger partial charge in [0.25, 0.3) is 0 Å². The van der Waals surface area contributed by atoms with Crippen molar-refractivity contribution in [3.63, 3.8) is 0 Å². The topological polar surface area (TPSA) is 46.3 Å². The average Bonchev–Trinajstić information content (AvgIpc) is 2.88. The summed E-state index contributed by atoms with van der Waals surface area (Å²) in [7, 11) is 0. The highest BCUT2D eigenvalue weighted by atomic mass is 16.2. The molecule has 3 heteroatoms. The Balaban J connectivity index is 2.13. The van der Waals surface area contributed by atoms with E-state index >= 15 is 0 Å². The molecule has 0 saturated carbocycles. The van der Waals surface area contributed by atoms with Crippen molar-refractivity contribution in [2.24, 2.45) is 11.7 Å². The summed E-state index contributed by atoms with van der Waals surface area (Å²) in [5, 5.41) is 0. The lowest BCUT2D eigenvalue weighted by atomic mass is 9.98. The van der Waals surface area contributed by atoms with Crippen LogP contribution >= 0.6 is 0 Å². The van der Waals surface area contributed by atoms with Crippen LogP contribution in [0.25, 0.3) is 0 Å². The first-order valence-corrected chi connectivity index (χ1v) is 7.18. The summed E-state index contributed by atoms with van der Waals surface area (Å²) >= 11 is 0. The quantitative estimate of drug-likeness (QED) is 0.904. The summed E-state index contributed by atoms with van der Waals surface area (Å²) in [6.07, 6.45) is 2.74. The number of rotatable bonds is 4. The fourth-order valence-corrected chi connectivity index (χ4v) is 2.85. The van der Waals surface area contributed by atoms with Crippen LogP contribution in [0.3, 0.4) is 0 Å². The number of likely N-dealkylation sites (tertiary alicyclic amines) is 1. The molecule has 0 bridgehead atoms. The van der Waals surface area contributed by atoms with Crippen molar-refractivity contribution in [1.82, 2.24) is 4.90 Å². The highest BCUT2D eigenvalue weighted by Gasteiger charge is 2.30. The standard InChI is InChI=1S/C16H24N2O/c1-12(11-17)10-16(19)18-9-5-8-15(18)14-7-4-3-6-13(14)2/h3-4,6-7,12,15H,5,8-11,17H2,1-2H3. The van der Waals surface area contributed by atoms with Crippen molar-refractivity contribution in [3.8, 4) is 0 Å². The number of nitrogens with zero attached hydrogens (tertiary/aromatic N) is 1. The minimum atomic E-state index is 0.253. The average molecular weight is 260 g/mol. The Morgan fingerprint density at radius 3 is 2.89 bits per heavy atom. The van der Waals surface area contributed by atoms with Gasteiger partial charge < -0.3 is 10.6 Å². The minimum absolute atomic E-state index is 0.253. The van der Waals surface area contributed by atoms with Crippen molar-refractivity contribution in [2.45, 2.75) is 39.2 Å². The molecule has 0 radical (unpaired) electrons. The maximum Gasteiger partial charge on any atom is 0.223 e. The van der Waals surface area contributed by atoms with Gasteiger partial charge in [-0.2, -0.15) is 0 Å². The Morgan fingerprint density at radius 2 is 2.21 bits per heavy atom. The van der Waals surface area contributed by atoms with Crippen LogP contribution in [0.4, 0.5) is 0 Å². The summed E-state index contributed by atoms with van der Waals surface area (Å²) in [5.41, 5.74) is 8.19. The van der Waals surface area contributed by atoms with E-state index in [4.69, 9.17) is 5.73 Å². The molecule has 3 nitrogen and oxygen atoms in total. The van der Waals surface area contributed by atoms with Gasteiger partial charge in [0.1, 0.15) is 0 Å². The van der Waals surface area contributed by atoms with Gasteiger partial charge in [-0.05, 0) is 43.4 Å². The van der Waals surface area contributed by atoms with Crippen LogP contribution in [0, 0.1) is 12.8 Å². The second-order valence-electron chi connectivity index (χ2n) is 5.65. The Kier molecular flexibility index (Phi) is 4.59. The molecule has 2 N–H and O–H groups in total. The molecule has 2 rings (SSSR count). The molecular weight excluding hydrogens is 236 g/mol. The molecule has 2 atom stereocenters. The first-order valence-electron chi connectivity index (χ1n) is 7.18.